The Hall–Kier alpha value is -1.16. The number of halogens is 1. The third kappa shape index (κ3) is 1.81. The van der Waals surface area contributed by atoms with Crippen molar-refractivity contribution in [2.45, 2.75) is 20.0 Å². The lowest BCUT2D eigenvalue weighted by atomic mass is 9.90. The number of nitrogens with zero attached hydrogens (tertiary/aromatic N) is 2. The third-order valence-electron chi connectivity index (χ3n) is 2.93. The standard InChI is InChI=1S/C11H15FN2O/c1-11(2)7-14(6-9(11)15)10-8(12)4-3-5-13-10/h3-5,9,15H,6-7H2,1-2H3/t9-/m1/s1. The van der Waals surface area contributed by atoms with Gasteiger partial charge in [-0.25, -0.2) is 9.37 Å². The monoisotopic (exact) mass is 210 g/mol. The van der Waals surface area contributed by atoms with Gasteiger partial charge in [0.25, 0.3) is 0 Å². The van der Waals surface area contributed by atoms with Crippen molar-refractivity contribution in [2.24, 2.45) is 5.41 Å². The number of hydrogen-bond acceptors (Lipinski definition) is 3. The molecule has 82 valence electrons. The fraction of sp³-hybridized carbons (Fsp3) is 0.545. The molecule has 1 N–H and O–H groups in total. The van der Waals surface area contributed by atoms with Gasteiger partial charge in [0.05, 0.1) is 6.10 Å². The van der Waals surface area contributed by atoms with Gasteiger partial charge in [-0.15, -0.1) is 0 Å². The molecule has 0 unspecified atom stereocenters. The zero-order valence-corrected chi connectivity index (χ0v) is 8.94. The van der Waals surface area contributed by atoms with Crippen LogP contribution >= 0.6 is 0 Å². The maximum Gasteiger partial charge on any atom is 0.165 e. The second kappa shape index (κ2) is 3.45. The lowest BCUT2D eigenvalue weighted by Gasteiger charge is -2.21. The summed E-state index contributed by atoms with van der Waals surface area (Å²) < 4.78 is 13.4. The smallest absolute Gasteiger partial charge is 0.165 e. The van der Waals surface area contributed by atoms with Gasteiger partial charge in [-0.3, -0.25) is 0 Å². The maximum atomic E-state index is 13.4. The van der Waals surface area contributed by atoms with Crippen molar-refractivity contribution in [3.8, 4) is 0 Å². The number of β-amino-alcohol motifs (C(OH)–C–C–N with tert-alkyl or cyclic N) is 1. The first-order valence-corrected chi connectivity index (χ1v) is 5.04. The Morgan fingerprint density at radius 3 is 2.87 bits per heavy atom. The van der Waals surface area contributed by atoms with Crippen LogP contribution in [-0.2, 0) is 0 Å². The van der Waals surface area contributed by atoms with Gasteiger partial charge >= 0.3 is 0 Å². The molecule has 2 heterocycles. The van der Waals surface area contributed by atoms with E-state index in [2.05, 4.69) is 4.98 Å². The molecule has 0 radical (unpaired) electrons. The van der Waals surface area contributed by atoms with Gasteiger partial charge in [-0.2, -0.15) is 0 Å². The maximum absolute atomic E-state index is 13.4. The molecule has 0 aliphatic carbocycles. The Morgan fingerprint density at radius 1 is 1.60 bits per heavy atom. The topological polar surface area (TPSA) is 36.4 Å². The minimum absolute atomic E-state index is 0.204. The molecule has 1 saturated heterocycles. The second-order valence-corrected chi connectivity index (χ2v) is 4.69. The minimum atomic E-state index is -0.432. The molecule has 0 bridgehead atoms. The molecule has 1 fully saturated rings. The highest BCUT2D eigenvalue weighted by Gasteiger charge is 2.39. The van der Waals surface area contributed by atoms with Crippen LogP contribution in [0.4, 0.5) is 10.2 Å². The first-order chi connectivity index (χ1) is 7.00. The van der Waals surface area contributed by atoms with Crippen LogP contribution in [0.3, 0.4) is 0 Å². The lowest BCUT2D eigenvalue weighted by Crippen LogP contribution is -2.26. The summed E-state index contributed by atoms with van der Waals surface area (Å²) in [4.78, 5) is 5.79. The van der Waals surface area contributed by atoms with Gasteiger partial charge in [0.2, 0.25) is 0 Å². The number of aliphatic hydroxyl groups is 1. The minimum Gasteiger partial charge on any atom is -0.391 e. The van der Waals surface area contributed by atoms with Crippen LogP contribution in [-0.4, -0.2) is 29.3 Å². The van der Waals surface area contributed by atoms with Crippen LogP contribution in [0.5, 0.6) is 0 Å². The molecule has 0 spiro atoms. The summed E-state index contributed by atoms with van der Waals surface area (Å²) in [6.07, 6.45) is 1.13. The van der Waals surface area contributed by atoms with Gasteiger partial charge in [0.1, 0.15) is 0 Å². The van der Waals surface area contributed by atoms with Crippen LogP contribution in [0.25, 0.3) is 0 Å². The summed E-state index contributed by atoms with van der Waals surface area (Å²) in [5.74, 6) is 0.00419. The quantitative estimate of drug-likeness (QED) is 0.761. The van der Waals surface area contributed by atoms with Gasteiger partial charge in [0.15, 0.2) is 11.6 Å². The molecular formula is C11H15FN2O. The van der Waals surface area contributed by atoms with Crippen LogP contribution in [0, 0.1) is 11.2 Å². The Balaban J connectivity index is 2.25. The first-order valence-electron chi connectivity index (χ1n) is 5.04. The van der Waals surface area contributed by atoms with Crippen molar-refractivity contribution in [2.75, 3.05) is 18.0 Å². The van der Waals surface area contributed by atoms with E-state index >= 15 is 0 Å². The van der Waals surface area contributed by atoms with E-state index in [-0.39, 0.29) is 11.2 Å². The molecule has 2 rings (SSSR count). The van der Waals surface area contributed by atoms with Gasteiger partial charge in [-0.1, -0.05) is 13.8 Å². The number of rotatable bonds is 1. The number of aromatic nitrogens is 1. The number of aliphatic hydroxyl groups excluding tert-OH is 1. The molecule has 15 heavy (non-hydrogen) atoms. The predicted octanol–water partition coefficient (Wildman–Crippen LogP) is 1.43. The summed E-state index contributed by atoms with van der Waals surface area (Å²) in [7, 11) is 0. The number of pyridine rings is 1. The van der Waals surface area contributed by atoms with Crippen LogP contribution in [0.1, 0.15) is 13.8 Å². The van der Waals surface area contributed by atoms with Crippen molar-refractivity contribution in [3.05, 3.63) is 24.1 Å². The molecule has 1 atom stereocenters. The average molecular weight is 210 g/mol. The van der Waals surface area contributed by atoms with E-state index in [4.69, 9.17) is 0 Å². The molecule has 0 saturated carbocycles. The Kier molecular flexibility index (Phi) is 2.38. The van der Waals surface area contributed by atoms with E-state index < -0.39 is 6.10 Å². The van der Waals surface area contributed by atoms with Crippen LogP contribution < -0.4 is 4.90 Å². The Bertz CT molecular complexity index is 367. The average Bonchev–Trinajstić information content (AvgIpc) is 2.42. The first kappa shape index (κ1) is 10.4. The number of anilines is 1. The van der Waals surface area contributed by atoms with Crippen molar-refractivity contribution in [1.29, 1.82) is 0 Å². The summed E-state index contributed by atoms with van der Waals surface area (Å²) in [6, 6.07) is 2.95. The van der Waals surface area contributed by atoms with E-state index in [1.54, 1.807) is 17.2 Å². The predicted molar refractivity (Wildman–Crippen MR) is 56.2 cm³/mol. The summed E-state index contributed by atoms with van der Waals surface area (Å²) in [6.45, 7) is 5.01. The summed E-state index contributed by atoms with van der Waals surface area (Å²) in [5, 5.41) is 9.79. The highest BCUT2D eigenvalue weighted by Crippen LogP contribution is 2.32. The normalized spacial score (nSPS) is 24.5. The van der Waals surface area contributed by atoms with Gasteiger partial charge in [-0.05, 0) is 12.1 Å². The second-order valence-electron chi connectivity index (χ2n) is 4.69. The van der Waals surface area contributed by atoms with Gasteiger partial charge in [0, 0.05) is 24.7 Å². The summed E-state index contributed by atoms with van der Waals surface area (Å²) >= 11 is 0. The fourth-order valence-electron chi connectivity index (χ4n) is 1.89. The van der Waals surface area contributed by atoms with Crippen molar-refractivity contribution < 1.29 is 9.50 Å². The highest BCUT2D eigenvalue weighted by atomic mass is 19.1. The SMILES string of the molecule is CC1(C)CN(c2ncccc2F)C[C@H]1O. The highest BCUT2D eigenvalue weighted by molar-refractivity contribution is 5.42. The molecular weight excluding hydrogens is 195 g/mol. The zero-order chi connectivity index (χ0) is 11.1. The largest absolute Gasteiger partial charge is 0.391 e. The van der Waals surface area contributed by atoms with E-state index in [0.717, 1.165) is 0 Å². The Morgan fingerprint density at radius 2 is 2.33 bits per heavy atom. The van der Waals surface area contributed by atoms with E-state index in [1.165, 1.54) is 6.07 Å². The fourth-order valence-corrected chi connectivity index (χ4v) is 1.89. The van der Waals surface area contributed by atoms with Crippen molar-refractivity contribution in [1.82, 2.24) is 4.98 Å². The molecule has 1 aromatic rings. The zero-order valence-electron chi connectivity index (χ0n) is 8.94. The third-order valence-corrected chi connectivity index (χ3v) is 2.93. The molecule has 1 aliphatic rings. The van der Waals surface area contributed by atoms with E-state index in [0.29, 0.717) is 18.9 Å². The van der Waals surface area contributed by atoms with Gasteiger partial charge < -0.3 is 10.0 Å². The molecule has 0 aromatic carbocycles. The molecule has 3 nitrogen and oxygen atoms in total. The molecule has 1 aliphatic heterocycles. The number of hydrogen-bond donors (Lipinski definition) is 1. The lowest BCUT2D eigenvalue weighted by molar-refractivity contribution is 0.0964. The molecule has 1 aromatic heterocycles. The van der Waals surface area contributed by atoms with E-state index in [9.17, 15) is 9.50 Å². The molecule has 4 heteroatoms. The van der Waals surface area contributed by atoms with Crippen LogP contribution in [0.2, 0.25) is 0 Å². The van der Waals surface area contributed by atoms with Crippen molar-refractivity contribution >= 4 is 5.82 Å². The Labute approximate surface area is 88.6 Å². The van der Waals surface area contributed by atoms with E-state index in [1.807, 2.05) is 13.8 Å². The van der Waals surface area contributed by atoms with Crippen LogP contribution in [0.15, 0.2) is 18.3 Å². The summed E-state index contributed by atoms with van der Waals surface area (Å²) in [5.41, 5.74) is -0.204. The van der Waals surface area contributed by atoms with Crippen molar-refractivity contribution in [3.63, 3.8) is 0 Å². The molecule has 0 amide bonds.